The molecule has 2 heterocycles. The topological polar surface area (TPSA) is 32.8 Å². The molecule has 0 saturated heterocycles. The number of fused-ring (bicyclic) bond motifs is 3. The van der Waals surface area contributed by atoms with Crippen molar-refractivity contribution in [3.05, 3.63) is 47.3 Å². The van der Waals surface area contributed by atoms with E-state index < -0.39 is 0 Å². The Bertz CT molecular complexity index is 631. The Kier molecular flexibility index (Phi) is 3.01. The third-order valence-corrected chi connectivity index (χ3v) is 3.78. The van der Waals surface area contributed by atoms with E-state index in [1.54, 1.807) is 0 Å². The zero-order valence-electron chi connectivity index (χ0n) is 12.0. The molecule has 104 valence electrons. The van der Waals surface area contributed by atoms with Crippen LogP contribution in [0.3, 0.4) is 0 Å². The van der Waals surface area contributed by atoms with E-state index in [4.69, 9.17) is 4.74 Å². The molecule has 0 fully saturated rings. The van der Waals surface area contributed by atoms with Crippen molar-refractivity contribution in [2.45, 2.75) is 13.8 Å². The van der Waals surface area contributed by atoms with E-state index in [0.29, 0.717) is 12.2 Å². The zero-order valence-corrected chi connectivity index (χ0v) is 12.0. The van der Waals surface area contributed by atoms with Crippen LogP contribution in [0.2, 0.25) is 0 Å². The number of hydrogen-bond donors (Lipinski definition) is 0. The van der Waals surface area contributed by atoms with Crippen molar-refractivity contribution in [2.24, 2.45) is 0 Å². The number of carbonyl (C=O) groups is 1. The van der Waals surface area contributed by atoms with Crippen LogP contribution in [0.1, 0.15) is 13.8 Å². The third-order valence-electron chi connectivity index (χ3n) is 3.78. The normalized spacial score (nSPS) is 16.9. The predicted octanol–water partition coefficient (Wildman–Crippen LogP) is 2.68. The van der Waals surface area contributed by atoms with Crippen LogP contribution in [0.25, 0.3) is 0 Å². The van der Waals surface area contributed by atoms with Gasteiger partial charge in [0.15, 0.2) is 0 Å². The molecule has 4 heteroatoms. The Balaban J connectivity index is 2.15. The van der Waals surface area contributed by atoms with Gasteiger partial charge < -0.3 is 14.5 Å². The van der Waals surface area contributed by atoms with Gasteiger partial charge in [-0.1, -0.05) is 18.2 Å². The fraction of sp³-hybridized carbons (Fsp3) is 0.312. The van der Waals surface area contributed by atoms with Gasteiger partial charge in [-0.3, -0.25) is 0 Å². The number of benzene rings is 1. The molecule has 2 aliphatic heterocycles. The maximum absolute atomic E-state index is 12.3. The van der Waals surface area contributed by atoms with Crippen molar-refractivity contribution in [2.75, 3.05) is 30.0 Å². The smallest absolute Gasteiger partial charge is 0.342 e. The van der Waals surface area contributed by atoms with Crippen LogP contribution < -0.4 is 9.80 Å². The van der Waals surface area contributed by atoms with Crippen molar-refractivity contribution in [1.29, 1.82) is 0 Å². The number of carbonyl (C=O) groups excluding carboxylic acids is 1. The number of esters is 1. The summed E-state index contributed by atoms with van der Waals surface area (Å²) in [7, 11) is 1.99. The SMILES string of the molecule is CCOC(=O)C1=C2N(C)c3ccccc3N2CC=C1C. The second-order valence-corrected chi connectivity index (χ2v) is 4.96. The Labute approximate surface area is 118 Å². The molecule has 0 spiro atoms. The highest BCUT2D eigenvalue weighted by atomic mass is 16.5. The summed E-state index contributed by atoms with van der Waals surface area (Å²) >= 11 is 0. The van der Waals surface area contributed by atoms with Gasteiger partial charge in [0, 0.05) is 13.6 Å². The highest BCUT2D eigenvalue weighted by Crippen LogP contribution is 2.44. The van der Waals surface area contributed by atoms with Crippen LogP contribution in [-0.2, 0) is 9.53 Å². The number of ether oxygens (including phenoxy) is 1. The zero-order chi connectivity index (χ0) is 14.3. The van der Waals surface area contributed by atoms with Gasteiger partial charge in [0.1, 0.15) is 11.4 Å². The molecule has 1 aromatic carbocycles. The highest BCUT2D eigenvalue weighted by molar-refractivity contribution is 5.99. The number of rotatable bonds is 2. The largest absolute Gasteiger partial charge is 0.462 e. The van der Waals surface area contributed by atoms with Crippen molar-refractivity contribution in [1.82, 2.24) is 0 Å². The standard InChI is InChI=1S/C16H18N2O2/c1-4-20-16(19)14-11(2)9-10-18-13-8-6-5-7-12(13)17(3)15(14)18/h5-9H,4,10H2,1-3H3. The van der Waals surface area contributed by atoms with Crippen LogP contribution in [0.5, 0.6) is 0 Å². The second-order valence-electron chi connectivity index (χ2n) is 4.96. The number of anilines is 2. The van der Waals surface area contributed by atoms with Crippen LogP contribution in [0.4, 0.5) is 11.4 Å². The monoisotopic (exact) mass is 270 g/mol. The second kappa shape index (κ2) is 4.71. The molecule has 0 N–H and O–H groups in total. The van der Waals surface area contributed by atoms with E-state index in [2.05, 4.69) is 28.0 Å². The summed E-state index contributed by atoms with van der Waals surface area (Å²) < 4.78 is 5.22. The van der Waals surface area contributed by atoms with Crippen molar-refractivity contribution in [3.63, 3.8) is 0 Å². The first-order chi connectivity index (χ1) is 9.65. The van der Waals surface area contributed by atoms with Gasteiger partial charge in [0.25, 0.3) is 0 Å². The summed E-state index contributed by atoms with van der Waals surface area (Å²) in [4.78, 5) is 16.5. The fourth-order valence-corrected chi connectivity index (χ4v) is 2.83. The molecule has 4 nitrogen and oxygen atoms in total. The summed E-state index contributed by atoms with van der Waals surface area (Å²) in [6.07, 6.45) is 2.08. The molecule has 1 aromatic rings. The van der Waals surface area contributed by atoms with Crippen LogP contribution in [-0.4, -0.2) is 26.2 Å². The van der Waals surface area contributed by atoms with Crippen LogP contribution in [0.15, 0.2) is 47.3 Å². The highest BCUT2D eigenvalue weighted by Gasteiger charge is 2.36. The number of hydrogen-bond acceptors (Lipinski definition) is 4. The molecule has 0 amide bonds. The first-order valence-corrected chi connectivity index (χ1v) is 6.84. The van der Waals surface area contributed by atoms with Gasteiger partial charge in [0.2, 0.25) is 0 Å². The summed E-state index contributed by atoms with van der Waals surface area (Å²) in [6, 6.07) is 8.18. The maximum Gasteiger partial charge on any atom is 0.342 e. The van der Waals surface area contributed by atoms with E-state index in [0.717, 1.165) is 29.3 Å². The lowest BCUT2D eigenvalue weighted by Crippen LogP contribution is -2.33. The van der Waals surface area contributed by atoms with Crippen molar-refractivity contribution < 1.29 is 9.53 Å². The maximum atomic E-state index is 12.3. The summed E-state index contributed by atoms with van der Waals surface area (Å²) in [5.74, 6) is 0.672. The Morgan fingerprint density at radius 3 is 2.70 bits per heavy atom. The molecule has 3 rings (SSSR count). The van der Waals surface area contributed by atoms with E-state index in [1.165, 1.54) is 0 Å². The predicted molar refractivity (Wildman–Crippen MR) is 79.6 cm³/mol. The molecule has 0 aliphatic carbocycles. The van der Waals surface area contributed by atoms with Crippen LogP contribution >= 0.6 is 0 Å². The van der Waals surface area contributed by atoms with Gasteiger partial charge >= 0.3 is 5.97 Å². The fourth-order valence-electron chi connectivity index (χ4n) is 2.83. The minimum absolute atomic E-state index is 0.249. The van der Waals surface area contributed by atoms with E-state index >= 15 is 0 Å². The van der Waals surface area contributed by atoms with Gasteiger partial charge in [-0.25, -0.2) is 4.79 Å². The number of nitrogens with zero attached hydrogens (tertiary/aromatic N) is 2. The lowest BCUT2D eigenvalue weighted by atomic mass is 10.0. The molecule has 0 radical (unpaired) electrons. The van der Waals surface area contributed by atoms with Gasteiger partial charge in [-0.05, 0) is 31.6 Å². The molecule has 0 saturated carbocycles. The quantitative estimate of drug-likeness (QED) is 0.774. The molecule has 0 bridgehead atoms. The first-order valence-electron chi connectivity index (χ1n) is 6.84. The molecule has 0 aromatic heterocycles. The van der Waals surface area contributed by atoms with Crippen molar-refractivity contribution in [3.8, 4) is 0 Å². The van der Waals surface area contributed by atoms with E-state index in [9.17, 15) is 4.79 Å². The summed E-state index contributed by atoms with van der Waals surface area (Å²) in [5.41, 5.74) is 3.90. The molecule has 0 unspecified atom stereocenters. The molecule has 0 atom stereocenters. The van der Waals surface area contributed by atoms with Gasteiger partial charge in [-0.15, -0.1) is 0 Å². The van der Waals surface area contributed by atoms with Gasteiger partial charge in [0.05, 0.1) is 18.0 Å². The number of para-hydroxylation sites is 2. The molecular formula is C16H18N2O2. The van der Waals surface area contributed by atoms with Gasteiger partial charge in [-0.2, -0.15) is 0 Å². The minimum atomic E-state index is -0.249. The summed E-state index contributed by atoms with van der Waals surface area (Å²) in [5, 5.41) is 0. The Morgan fingerprint density at radius 2 is 2.00 bits per heavy atom. The van der Waals surface area contributed by atoms with Crippen molar-refractivity contribution >= 4 is 17.3 Å². The molecular weight excluding hydrogens is 252 g/mol. The lowest BCUT2D eigenvalue weighted by Gasteiger charge is -2.28. The Morgan fingerprint density at radius 1 is 1.30 bits per heavy atom. The molecule has 2 aliphatic rings. The van der Waals surface area contributed by atoms with E-state index in [-0.39, 0.29) is 5.97 Å². The summed E-state index contributed by atoms with van der Waals surface area (Å²) in [6.45, 7) is 4.97. The first kappa shape index (κ1) is 12.8. The van der Waals surface area contributed by atoms with E-state index in [1.807, 2.05) is 33.0 Å². The van der Waals surface area contributed by atoms with Crippen LogP contribution in [0, 0.1) is 0 Å². The molecule has 20 heavy (non-hydrogen) atoms. The lowest BCUT2D eigenvalue weighted by molar-refractivity contribution is -0.138. The average molecular weight is 270 g/mol. The third kappa shape index (κ3) is 1.72. The minimum Gasteiger partial charge on any atom is -0.462 e. The Hall–Kier alpha value is -2.23. The average Bonchev–Trinajstić information content (AvgIpc) is 2.73.